The number of carbonyl (C=O) groups excluding carboxylic acids is 1. The maximum absolute atomic E-state index is 11.6. The molecule has 102 valence electrons. The second kappa shape index (κ2) is 5.69. The van der Waals surface area contributed by atoms with Crippen LogP contribution in [0.5, 0.6) is 0 Å². The molecule has 1 saturated carbocycles. The van der Waals surface area contributed by atoms with E-state index in [-0.39, 0.29) is 11.8 Å². The summed E-state index contributed by atoms with van der Waals surface area (Å²) in [5.41, 5.74) is 2.08. The molecule has 1 aliphatic rings. The molecule has 3 rings (SSSR count). The number of carbonyl (C=O) groups is 1. The summed E-state index contributed by atoms with van der Waals surface area (Å²) in [7, 11) is 0. The quantitative estimate of drug-likeness (QED) is 0.874. The Hall–Kier alpha value is -2.43. The fourth-order valence-electron chi connectivity index (χ4n) is 1.85. The molecular formula is C15H16N4O. The number of aromatic nitrogens is 2. The molecule has 0 bridgehead atoms. The second-order valence-electron chi connectivity index (χ2n) is 4.90. The van der Waals surface area contributed by atoms with Crippen LogP contribution in [0.2, 0.25) is 0 Å². The predicted molar refractivity (Wildman–Crippen MR) is 77.2 cm³/mol. The molecule has 0 spiro atoms. The number of nitrogens with one attached hydrogen (secondary N) is 2. The van der Waals surface area contributed by atoms with Gasteiger partial charge in [0.25, 0.3) is 0 Å². The van der Waals surface area contributed by atoms with Crippen molar-refractivity contribution in [1.82, 2.24) is 9.97 Å². The standard InChI is InChI=1S/C15H16N4O/c20-15(12-1-2-12)19-14-4-3-13(10-18-14)17-9-11-5-7-16-8-6-11/h3-8,10,12,17H,1-2,9H2,(H,18,19,20). The van der Waals surface area contributed by atoms with Crippen LogP contribution in [-0.4, -0.2) is 15.9 Å². The third kappa shape index (κ3) is 3.32. The molecule has 2 aromatic rings. The van der Waals surface area contributed by atoms with Gasteiger partial charge in [0.2, 0.25) is 5.91 Å². The van der Waals surface area contributed by atoms with Gasteiger partial charge in [-0.25, -0.2) is 4.98 Å². The summed E-state index contributed by atoms with van der Waals surface area (Å²) in [6.07, 6.45) is 7.26. The van der Waals surface area contributed by atoms with Crippen molar-refractivity contribution in [2.75, 3.05) is 10.6 Å². The molecule has 2 N–H and O–H groups in total. The fraction of sp³-hybridized carbons (Fsp3) is 0.267. The van der Waals surface area contributed by atoms with Crippen molar-refractivity contribution in [3.8, 4) is 0 Å². The molecule has 0 atom stereocenters. The van der Waals surface area contributed by atoms with Gasteiger partial charge in [-0.15, -0.1) is 0 Å². The maximum atomic E-state index is 11.6. The summed E-state index contributed by atoms with van der Waals surface area (Å²) in [4.78, 5) is 19.8. The lowest BCUT2D eigenvalue weighted by Crippen LogP contribution is -2.14. The first kappa shape index (κ1) is 12.6. The first-order chi connectivity index (χ1) is 9.81. The lowest BCUT2D eigenvalue weighted by molar-refractivity contribution is -0.117. The SMILES string of the molecule is O=C(Nc1ccc(NCc2ccncc2)cn1)C1CC1. The lowest BCUT2D eigenvalue weighted by Gasteiger charge is -2.07. The Morgan fingerprint density at radius 2 is 2.00 bits per heavy atom. The summed E-state index contributed by atoms with van der Waals surface area (Å²) in [6, 6.07) is 7.65. The van der Waals surface area contributed by atoms with Crippen molar-refractivity contribution in [3.63, 3.8) is 0 Å². The smallest absolute Gasteiger partial charge is 0.228 e. The van der Waals surface area contributed by atoms with Crippen LogP contribution in [0.3, 0.4) is 0 Å². The highest BCUT2D eigenvalue weighted by atomic mass is 16.2. The van der Waals surface area contributed by atoms with Crippen LogP contribution in [0, 0.1) is 5.92 Å². The maximum Gasteiger partial charge on any atom is 0.228 e. The summed E-state index contributed by atoms with van der Waals surface area (Å²) < 4.78 is 0. The molecule has 20 heavy (non-hydrogen) atoms. The topological polar surface area (TPSA) is 66.9 Å². The summed E-state index contributed by atoms with van der Waals surface area (Å²) >= 11 is 0. The zero-order chi connectivity index (χ0) is 13.8. The average Bonchev–Trinajstić information content (AvgIpc) is 3.32. The summed E-state index contributed by atoms with van der Waals surface area (Å²) in [6.45, 7) is 0.720. The van der Waals surface area contributed by atoms with E-state index in [1.165, 1.54) is 0 Å². The van der Waals surface area contributed by atoms with Crippen LogP contribution in [0.25, 0.3) is 0 Å². The lowest BCUT2D eigenvalue weighted by atomic mass is 10.2. The van der Waals surface area contributed by atoms with Gasteiger partial charge >= 0.3 is 0 Å². The molecule has 0 radical (unpaired) electrons. The first-order valence-electron chi connectivity index (χ1n) is 6.71. The molecular weight excluding hydrogens is 252 g/mol. The van der Waals surface area contributed by atoms with Gasteiger partial charge in [0.05, 0.1) is 11.9 Å². The van der Waals surface area contributed by atoms with Crippen LogP contribution < -0.4 is 10.6 Å². The Morgan fingerprint density at radius 3 is 2.65 bits per heavy atom. The van der Waals surface area contributed by atoms with Crippen LogP contribution in [-0.2, 0) is 11.3 Å². The predicted octanol–water partition coefficient (Wildman–Crippen LogP) is 2.44. The number of rotatable bonds is 5. The highest BCUT2D eigenvalue weighted by Gasteiger charge is 2.29. The molecule has 0 unspecified atom stereocenters. The largest absolute Gasteiger partial charge is 0.380 e. The molecule has 0 aromatic carbocycles. The van der Waals surface area contributed by atoms with Crippen molar-refractivity contribution in [2.45, 2.75) is 19.4 Å². The molecule has 5 heteroatoms. The number of hydrogen-bond donors (Lipinski definition) is 2. The molecule has 2 aromatic heterocycles. The summed E-state index contributed by atoms with van der Waals surface area (Å²) in [5, 5.41) is 6.09. The Morgan fingerprint density at radius 1 is 1.20 bits per heavy atom. The normalized spacial score (nSPS) is 13.8. The highest BCUT2D eigenvalue weighted by Crippen LogP contribution is 2.29. The van der Waals surface area contributed by atoms with E-state index in [1.54, 1.807) is 18.6 Å². The Labute approximate surface area is 117 Å². The molecule has 1 fully saturated rings. The van der Waals surface area contributed by atoms with Crippen molar-refractivity contribution in [1.29, 1.82) is 0 Å². The molecule has 1 amide bonds. The van der Waals surface area contributed by atoms with Gasteiger partial charge in [-0.1, -0.05) is 0 Å². The van der Waals surface area contributed by atoms with Gasteiger partial charge in [0, 0.05) is 24.9 Å². The van der Waals surface area contributed by atoms with E-state index in [4.69, 9.17) is 0 Å². The number of hydrogen-bond acceptors (Lipinski definition) is 4. The van der Waals surface area contributed by atoms with Crippen molar-refractivity contribution in [3.05, 3.63) is 48.4 Å². The molecule has 1 aliphatic carbocycles. The van der Waals surface area contributed by atoms with Gasteiger partial charge in [-0.05, 0) is 42.7 Å². The molecule has 0 aliphatic heterocycles. The summed E-state index contributed by atoms with van der Waals surface area (Å²) in [5.74, 6) is 0.882. The number of pyridine rings is 2. The van der Waals surface area contributed by atoms with Gasteiger partial charge in [0.1, 0.15) is 5.82 Å². The van der Waals surface area contributed by atoms with Gasteiger partial charge in [-0.2, -0.15) is 0 Å². The Bertz CT molecular complexity index is 579. The minimum absolute atomic E-state index is 0.0787. The molecule has 2 heterocycles. The van der Waals surface area contributed by atoms with Crippen LogP contribution >= 0.6 is 0 Å². The van der Waals surface area contributed by atoms with E-state index in [0.29, 0.717) is 5.82 Å². The van der Waals surface area contributed by atoms with Gasteiger partial charge in [0.15, 0.2) is 0 Å². The zero-order valence-electron chi connectivity index (χ0n) is 11.0. The number of amides is 1. The van der Waals surface area contributed by atoms with Crippen molar-refractivity contribution in [2.24, 2.45) is 5.92 Å². The van der Waals surface area contributed by atoms with E-state index in [0.717, 1.165) is 30.6 Å². The fourth-order valence-corrected chi connectivity index (χ4v) is 1.85. The van der Waals surface area contributed by atoms with E-state index < -0.39 is 0 Å². The molecule has 0 saturated heterocycles. The number of anilines is 2. The van der Waals surface area contributed by atoms with Crippen LogP contribution in [0.15, 0.2) is 42.9 Å². The van der Waals surface area contributed by atoms with Crippen molar-refractivity contribution >= 4 is 17.4 Å². The second-order valence-corrected chi connectivity index (χ2v) is 4.90. The third-order valence-electron chi connectivity index (χ3n) is 3.21. The zero-order valence-corrected chi connectivity index (χ0v) is 11.0. The highest BCUT2D eigenvalue weighted by molar-refractivity contribution is 5.93. The average molecular weight is 268 g/mol. The van der Waals surface area contributed by atoms with E-state index in [2.05, 4.69) is 20.6 Å². The third-order valence-corrected chi connectivity index (χ3v) is 3.21. The monoisotopic (exact) mass is 268 g/mol. The van der Waals surface area contributed by atoms with Crippen molar-refractivity contribution < 1.29 is 4.79 Å². The number of nitrogens with zero attached hydrogens (tertiary/aromatic N) is 2. The van der Waals surface area contributed by atoms with E-state index in [1.807, 2.05) is 24.3 Å². The Kier molecular flexibility index (Phi) is 3.58. The Balaban J connectivity index is 1.54. The minimum Gasteiger partial charge on any atom is -0.380 e. The molecule has 5 nitrogen and oxygen atoms in total. The van der Waals surface area contributed by atoms with E-state index >= 15 is 0 Å². The first-order valence-corrected chi connectivity index (χ1v) is 6.71. The van der Waals surface area contributed by atoms with Crippen LogP contribution in [0.1, 0.15) is 18.4 Å². The van der Waals surface area contributed by atoms with Crippen LogP contribution in [0.4, 0.5) is 11.5 Å². The van der Waals surface area contributed by atoms with Gasteiger partial charge in [-0.3, -0.25) is 9.78 Å². The minimum atomic E-state index is 0.0787. The van der Waals surface area contributed by atoms with Gasteiger partial charge < -0.3 is 10.6 Å². The van der Waals surface area contributed by atoms with E-state index in [9.17, 15) is 4.79 Å².